The lowest BCUT2D eigenvalue weighted by molar-refractivity contribution is 1.00. The van der Waals surface area contributed by atoms with Gasteiger partial charge in [-0.3, -0.25) is 4.98 Å². The van der Waals surface area contributed by atoms with Gasteiger partial charge < -0.3 is 0 Å². The third-order valence-corrected chi connectivity index (χ3v) is 9.56. The largest absolute Gasteiger partial charge is 0.261 e. The molecule has 0 saturated carbocycles. The maximum atomic E-state index is 5.09. The summed E-state index contributed by atoms with van der Waals surface area (Å²) in [5, 5.41) is 5.23. The van der Waals surface area contributed by atoms with Crippen LogP contribution in [0, 0.1) is 6.92 Å². The van der Waals surface area contributed by atoms with Crippen LogP contribution in [0.3, 0.4) is 0 Å². The molecule has 0 aliphatic heterocycles. The minimum Gasteiger partial charge on any atom is -0.261 e. The third kappa shape index (κ3) is 5.28. The summed E-state index contributed by atoms with van der Waals surface area (Å²) in [5.41, 5.74) is 11.0. The van der Waals surface area contributed by atoms with Crippen LogP contribution in [0.25, 0.3) is 84.0 Å². The highest BCUT2D eigenvalue weighted by atomic mass is 15.0. The van der Waals surface area contributed by atoms with E-state index in [1.807, 2.05) is 72.9 Å². The van der Waals surface area contributed by atoms with Gasteiger partial charge in [-0.05, 0) is 99.5 Å². The van der Waals surface area contributed by atoms with Crippen molar-refractivity contribution in [2.75, 3.05) is 0 Å². The van der Waals surface area contributed by atoms with E-state index in [4.69, 9.17) is 15.0 Å². The van der Waals surface area contributed by atoms with Crippen LogP contribution < -0.4 is 0 Å². The second-order valence-electron chi connectivity index (χ2n) is 12.6. The molecule has 1 aliphatic rings. The molecule has 6 aromatic carbocycles. The molecule has 9 rings (SSSR count). The van der Waals surface area contributed by atoms with Crippen LogP contribution >= 0.6 is 0 Å². The van der Waals surface area contributed by atoms with Crippen molar-refractivity contribution in [1.29, 1.82) is 0 Å². The molecular formula is C45H32N4. The van der Waals surface area contributed by atoms with Crippen LogP contribution in [0.2, 0.25) is 0 Å². The molecule has 0 bridgehead atoms. The van der Waals surface area contributed by atoms with Crippen molar-refractivity contribution in [2.45, 2.75) is 19.8 Å². The van der Waals surface area contributed by atoms with E-state index in [1.165, 1.54) is 32.7 Å². The van der Waals surface area contributed by atoms with Crippen molar-refractivity contribution < 1.29 is 0 Å². The Hall–Kier alpha value is -6.26. The minimum absolute atomic E-state index is 0.631. The summed E-state index contributed by atoms with van der Waals surface area (Å²) in [5.74, 6) is 1.92. The summed E-state index contributed by atoms with van der Waals surface area (Å²) < 4.78 is 0. The molecule has 0 atom stereocenters. The molecule has 0 fully saturated rings. The van der Waals surface area contributed by atoms with Crippen molar-refractivity contribution in [3.8, 4) is 56.4 Å². The predicted molar refractivity (Wildman–Crippen MR) is 202 cm³/mol. The fourth-order valence-electron chi connectivity index (χ4n) is 7.16. The number of nitrogens with zero attached hydrogens (tertiary/aromatic N) is 4. The monoisotopic (exact) mass is 628 g/mol. The zero-order valence-electron chi connectivity index (χ0n) is 27.1. The Labute approximate surface area is 285 Å². The number of aryl methyl sites for hydroxylation is 2. The summed E-state index contributed by atoms with van der Waals surface area (Å²) in [4.78, 5) is 19.8. The SMILES string of the molecule is Cc1ncccc1-c1cc(-c2ccc3c(c2)c2c(c4ccccc43)C=CCC2)cc(-c2nc(-c3ccccc3)nc(-c3ccccc3)n2)c1. The Morgan fingerprint density at radius 2 is 1.08 bits per heavy atom. The van der Waals surface area contributed by atoms with E-state index < -0.39 is 0 Å². The second-order valence-corrected chi connectivity index (χ2v) is 12.6. The molecule has 49 heavy (non-hydrogen) atoms. The molecule has 8 aromatic rings. The van der Waals surface area contributed by atoms with Gasteiger partial charge in [-0.25, -0.2) is 15.0 Å². The Kier molecular flexibility index (Phi) is 7.13. The number of aromatic nitrogens is 4. The molecule has 0 radical (unpaired) electrons. The standard InChI is InChI=1S/C45H32N4/c1-29-36(21-12-24-46-29)34-25-33(32-22-23-41-39-19-9-8-17-37(39)38-18-10-11-20-40(38)42(41)28-32)26-35(27-34)45-48-43(30-13-4-2-5-14-30)47-44(49-45)31-15-6-3-7-16-31/h2-10,12-19,21-28H,11,20H2,1H3. The number of rotatable bonds is 5. The molecule has 1 aliphatic carbocycles. The average molecular weight is 629 g/mol. The number of pyridine rings is 1. The summed E-state index contributed by atoms with van der Waals surface area (Å²) in [6.07, 6.45) is 8.55. The Bertz CT molecular complexity index is 2500. The van der Waals surface area contributed by atoms with E-state index in [2.05, 4.69) is 90.8 Å². The van der Waals surface area contributed by atoms with Gasteiger partial charge in [0.2, 0.25) is 0 Å². The van der Waals surface area contributed by atoms with E-state index in [-0.39, 0.29) is 0 Å². The van der Waals surface area contributed by atoms with Crippen molar-refractivity contribution in [1.82, 2.24) is 19.9 Å². The van der Waals surface area contributed by atoms with Gasteiger partial charge in [0, 0.05) is 34.1 Å². The molecule has 0 unspecified atom stereocenters. The highest BCUT2D eigenvalue weighted by molar-refractivity contribution is 6.13. The van der Waals surface area contributed by atoms with Crippen molar-refractivity contribution >= 4 is 27.6 Å². The number of benzene rings is 6. The summed E-state index contributed by atoms with van der Waals surface area (Å²) in [6, 6.07) is 46.8. The van der Waals surface area contributed by atoms with Gasteiger partial charge in [0.25, 0.3) is 0 Å². The zero-order valence-corrected chi connectivity index (χ0v) is 27.1. The molecule has 0 N–H and O–H groups in total. The molecule has 0 spiro atoms. The first kappa shape index (κ1) is 28.9. The molecular weight excluding hydrogens is 597 g/mol. The third-order valence-electron chi connectivity index (χ3n) is 9.56. The Balaban J connectivity index is 1.29. The molecule has 0 amide bonds. The van der Waals surface area contributed by atoms with E-state index in [9.17, 15) is 0 Å². The Morgan fingerprint density at radius 1 is 0.469 bits per heavy atom. The van der Waals surface area contributed by atoms with Crippen LogP contribution in [-0.2, 0) is 6.42 Å². The van der Waals surface area contributed by atoms with Crippen molar-refractivity contribution in [3.63, 3.8) is 0 Å². The second kappa shape index (κ2) is 12.1. The Morgan fingerprint density at radius 3 is 1.80 bits per heavy atom. The predicted octanol–water partition coefficient (Wildman–Crippen LogP) is 11.2. The lowest BCUT2D eigenvalue weighted by Crippen LogP contribution is -2.01. The zero-order chi connectivity index (χ0) is 32.7. The number of fused-ring (bicyclic) bond motifs is 6. The fourth-order valence-corrected chi connectivity index (χ4v) is 7.16. The van der Waals surface area contributed by atoms with Gasteiger partial charge in [0.15, 0.2) is 17.5 Å². The molecule has 2 aromatic heterocycles. The van der Waals surface area contributed by atoms with Gasteiger partial charge in [0.05, 0.1) is 0 Å². The molecule has 2 heterocycles. The quantitative estimate of drug-likeness (QED) is 0.178. The topological polar surface area (TPSA) is 51.6 Å². The summed E-state index contributed by atoms with van der Waals surface area (Å²) in [6.45, 7) is 2.06. The van der Waals surface area contributed by atoms with Gasteiger partial charge >= 0.3 is 0 Å². The molecule has 4 nitrogen and oxygen atoms in total. The van der Waals surface area contributed by atoms with E-state index in [0.717, 1.165) is 57.5 Å². The van der Waals surface area contributed by atoms with E-state index in [1.54, 1.807) is 0 Å². The van der Waals surface area contributed by atoms with Crippen molar-refractivity contribution in [3.05, 3.63) is 163 Å². The minimum atomic E-state index is 0.631. The highest BCUT2D eigenvalue weighted by Crippen LogP contribution is 2.40. The smallest absolute Gasteiger partial charge is 0.164 e. The maximum absolute atomic E-state index is 5.09. The number of hydrogen-bond donors (Lipinski definition) is 0. The number of hydrogen-bond acceptors (Lipinski definition) is 4. The van der Waals surface area contributed by atoms with E-state index in [0.29, 0.717) is 17.5 Å². The first-order chi connectivity index (χ1) is 24.2. The maximum Gasteiger partial charge on any atom is 0.164 e. The molecule has 232 valence electrons. The normalized spacial score (nSPS) is 12.3. The first-order valence-corrected chi connectivity index (χ1v) is 16.8. The van der Waals surface area contributed by atoms with Crippen LogP contribution in [-0.4, -0.2) is 19.9 Å². The lowest BCUT2D eigenvalue weighted by atomic mass is 9.85. The van der Waals surface area contributed by atoms with E-state index >= 15 is 0 Å². The van der Waals surface area contributed by atoms with Crippen LogP contribution in [0.15, 0.2) is 146 Å². The highest BCUT2D eigenvalue weighted by Gasteiger charge is 2.18. The average Bonchev–Trinajstić information content (AvgIpc) is 3.18. The summed E-state index contributed by atoms with van der Waals surface area (Å²) in [7, 11) is 0. The van der Waals surface area contributed by atoms with Gasteiger partial charge in [-0.2, -0.15) is 0 Å². The van der Waals surface area contributed by atoms with Crippen molar-refractivity contribution in [2.24, 2.45) is 0 Å². The number of allylic oxidation sites excluding steroid dienone is 1. The first-order valence-electron chi connectivity index (χ1n) is 16.8. The molecule has 4 heteroatoms. The van der Waals surface area contributed by atoms with Gasteiger partial charge in [0.1, 0.15) is 0 Å². The van der Waals surface area contributed by atoms with Crippen LogP contribution in [0.4, 0.5) is 0 Å². The van der Waals surface area contributed by atoms with Gasteiger partial charge in [-0.1, -0.05) is 115 Å². The fraction of sp³-hybridized carbons (Fsp3) is 0.0667. The van der Waals surface area contributed by atoms with Gasteiger partial charge in [-0.15, -0.1) is 0 Å². The summed E-state index contributed by atoms with van der Waals surface area (Å²) >= 11 is 0. The van der Waals surface area contributed by atoms with Crippen LogP contribution in [0.1, 0.15) is 23.2 Å². The van der Waals surface area contributed by atoms with Crippen LogP contribution in [0.5, 0.6) is 0 Å². The lowest BCUT2D eigenvalue weighted by Gasteiger charge is -2.19. The molecule has 0 saturated heterocycles.